The molecule has 0 saturated carbocycles. The Morgan fingerprint density at radius 3 is 1.12 bits per heavy atom. The highest BCUT2D eigenvalue weighted by Crippen LogP contribution is 2.57. The third-order valence-electron chi connectivity index (χ3n) is 12.6. The lowest BCUT2D eigenvalue weighted by atomic mass is 9.82. The van der Waals surface area contributed by atoms with E-state index in [1.54, 1.807) is 0 Å². The molecule has 0 spiro atoms. The van der Waals surface area contributed by atoms with Crippen LogP contribution in [0.15, 0.2) is 146 Å². The van der Waals surface area contributed by atoms with Gasteiger partial charge in [0.05, 0.1) is 23.3 Å². The van der Waals surface area contributed by atoms with E-state index in [-0.39, 0.29) is 0 Å². The second-order valence-electron chi connectivity index (χ2n) is 15.5. The molecule has 56 heavy (non-hydrogen) atoms. The summed E-state index contributed by atoms with van der Waals surface area (Å²) in [6.45, 7) is 4.31. The Hall–Kier alpha value is -7.52. The predicted molar refractivity (Wildman–Crippen MR) is 233 cm³/mol. The number of nitriles is 2. The normalized spacial score (nSPS) is 12.1. The van der Waals surface area contributed by atoms with Gasteiger partial charge in [-0.1, -0.05) is 109 Å². The number of benzene rings is 10. The van der Waals surface area contributed by atoms with E-state index in [1.165, 1.54) is 109 Å². The van der Waals surface area contributed by atoms with Gasteiger partial charge in [-0.3, -0.25) is 0 Å². The molecule has 0 atom stereocenters. The molecule has 0 radical (unpaired) electrons. The Balaban J connectivity index is 1.25. The Morgan fingerprint density at radius 2 is 0.714 bits per heavy atom. The molecule has 0 aromatic heterocycles. The van der Waals surface area contributed by atoms with Crippen molar-refractivity contribution in [3.8, 4) is 78.9 Å². The lowest BCUT2D eigenvalue weighted by Crippen LogP contribution is -1.94. The van der Waals surface area contributed by atoms with Crippen molar-refractivity contribution in [2.45, 2.75) is 13.8 Å². The van der Waals surface area contributed by atoms with Crippen LogP contribution in [-0.2, 0) is 0 Å². The quantitative estimate of drug-likeness (QED) is 0.168. The van der Waals surface area contributed by atoms with Crippen LogP contribution in [0.4, 0.5) is 0 Å². The van der Waals surface area contributed by atoms with Gasteiger partial charge in [-0.2, -0.15) is 10.5 Å². The predicted octanol–water partition coefficient (Wildman–Crippen LogP) is 14.4. The van der Waals surface area contributed by atoms with Gasteiger partial charge >= 0.3 is 0 Å². The molecule has 0 N–H and O–H groups in total. The Labute approximate surface area is 323 Å². The highest BCUT2D eigenvalue weighted by molar-refractivity contribution is 6.30. The summed E-state index contributed by atoms with van der Waals surface area (Å²) in [6, 6.07) is 57.6. The van der Waals surface area contributed by atoms with E-state index in [9.17, 15) is 10.5 Å². The molecule has 0 fully saturated rings. The lowest BCUT2D eigenvalue weighted by Gasteiger charge is -2.20. The van der Waals surface area contributed by atoms with Crippen molar-refractivity contribution >= 4 is 53.9 Å². The van der Waals surface area contributed by atoms with Gasteiger partial charge < -0.3 is 0 Å². The first-order valence-electron chi connectivity index (χ1n) is 19.1. The molecule has 10 aromatic carbocycles. The van der Waals surface area contributed by atoms with Gasteiger partial charge in [-0.05, 0) is 182 Å². The first-order valence-corrected chi connectivity index (χ1v) is 19.1. The summed E-state index contributed by atoms with van der Waals surface area (Å²) in [5, 5.41) is 32.3. The van der Waals surface area contributed by atoms with Crippen LogP contribution >= 0.6 is 0 Å². The van der Waals surface area contributed by atoms with Crippen molar-refractivity contribution in [1.82, 2.24) is 0 Å². The van der Waals surface area contributed by atoms with Crippen molar-refractivity contribution < 1.29 is 0 Å². The summed E-state index contributed by atoms with van der Waals surface area (Å²) in [5.41, 5.74) is 18.1. The summed E-state index contributed by atoms with van der Waals surface area (Å²) < 4.78 is 0. The highest BCUT2D eigenvalue weighted by atomic mass is 14.3. The molecule has 10 aromatic rings. The minimum absolute atomic E-state index is 0.657. The molecule has 0 saturated heterocycles. The second kappa shape index (κ2) is 11.0. The van der Waals surface area contributed by atoms with Crippen LogP contribution in [0.3, 0.4) is 0 Å². The van der Waals surface area contributed by atoms with Crippen molar-refractivity contribution in [3.05, 3.63) is 168 Å². The standard InChI is InChI=1S/C54H30N2/c1-29-15-17-31(27-55)23-43(29)51-39-21-19-36-35(45(39)25-47-37-11-3-7-33-9-5-13-41(49(33)37)53(47)51)20-22-40-46(36)26-48-38-12-4-8-34-10-6-14-42(50(34)38)54(48)52(40)44-24-32(28-56)18-16-30(44)2/h3-26H,1-2H3. The van der Waals surface area contributed by atoms with Crippen LogP contribution in [0.2, 0.25) is 0 Å². The average Bonchev–Trinajstić information content (AvgIpc) is 3.74. The maximum Gasteiger partial charge on any atom is 0.0991 e. The fraction of sp³-hybridized carbons (Fsp3) is 0.0370. The molecular weight excluding hydrogens is 677 g/mol. The van der Waals surface area contributed by atoms with Crippen molar-refractivity contribution in [1.29, 1.82) is 10.5 Å². The maximum atomic E-state index is 10.1. The number of nitrogens with zero attached hydrogens (tertiary/aromatic N) is 2. The Morgan fingerprint density at radius 1 is 0.321 bits per heavy atom. The molecule has 2 aliphatic carbocycles. The molecule has 2 heteroatoms. The van der Waals surface area contributed by atoms with Crippen LogP contribution in [0.5, 0.6) is 0 Å². The van der Waals surface area contributed by atoms with Crippen LogP contribution in [-0.4, -0.2) is 0 Å². The number of fused-ring (bicyclic) bond motifs is 11. The summed E-state index contributed by atoms with van der Waals surface area (Å²) >= 11 is 0. The minimum Gasteiger partial charge on any atom is -0.192 e. The zero-order valence-corrected chi connectivity index (χ0v) is 30.8. The van der Waals surface area contributed by atoms with E-state index in [1.807, 2.05) is 12.1 Å². The third-order valence-corrected chi connectivity index (χ3v) is 12.6. The summed E-state index contributed by atoms with van der Waals surface area (Å²) in [6.07, 6.45) is 0. The SMILES string of the molecule is Cc1ccc(C#N)cc1-c1c2c(cc3c1ccc1c4cc5c(c(-c6cc(C#N)ccc6C)c4ccc31)-c1cccc3cccc-5c13)-c1cccc3cccc-2c13. The van der Waals surface area contributed by atoms with E-state index in [4.69, 9.17) is 0 Å². The lowest BCUT2D eigenvalue weighted by molar-refractivity contribution is 1.43. The Kier molecular flexibility index (Phi) is 6.08. The van der Waals surface area contributed by atoms with Gasteiger partial charge in [-0.25, -0.2) is 0 Å². The van der Waals surface area contributed by atoms with E-state index in [2.05, 4.69) is 159 Å². The van der Waals surface area contributed by atoms with Gasteiger partial charge in [-0.15, -0.1) is 0 Å². The van der Waals surface area contributed by atoms with Crippen LogP contribution in [0.25, 0.3) is 121 Å². The summed E-state index contributed by atoms with van der Waals surface area (Å²) in [7, 11) is 0. The van der Waals surface area contributed by atoms with E-state index in [0.717, 1.165) is 22.3 Å². The zero-order chi connectivity index (χ0) is 37.4. The van der Waals surface area contributed by atoms with E-state index >= 15 is 0 Å². The first kappa shape index (κ1) is 30.9. The third kappa shape index (κ3) is 3.93. The largest absolute Gasteiger partial charge is 0.192 e. The second-order valence-corrected chi connectivity index (χ2v) is 15.5. The smallest absolute Gasteiger partial charge is 0.0991 e. The molecule has 2 aliphatic rings. The summed E-state index contributed by atoms with van der Waals surface area (Å²) in [4.78, 5) is 0. The molecule has 2 nitrogen and oxygen atoms in total. The average molecular weight is 707 g/mol. The monoisotopic (exact) mass is 706 g/mol. The molecule has 256 valence electrons. The van der Waals surface area contributed by atoms with E-state index < -0.39 is 0 Å². The molecule has 12 rings (SSSR count). The molecule has 0 bridgehead atoms. The summed E-state index contributed by atoms with van der Waals surface area (Å²) in [5.74, 6) is 0. The number of hydrogen-bond acceptors (Lipinski definition) is 2. The van der Waals surface area contributed by atoms with Gasteiger partial charge in [0.2, 0.25) is 0 Å². The van der Waals surface area contributed by atoms with Crippen molar-refractivity contribution in [3.63, 3.8) is 0 Å². The van der Waals surface area contributed by atoms with Crippen molar-refractivity contribution in [2.75, 3.05) is 0 Å². The van der Waals surface area contributed by atoms with Gasteiger partial charge in [0.1, 0.15) is 0 Å². The Bertz CT molecular complexity index is 3320. The highest BCUT2D eigenvalue weighted by Gasteiger charge is 2.30. The number of rotatable bonds is 2. The molecule has 0 amide bonds. The van der Waals surface area contributed by atoms with Gasteiger partial charge in [0, 0.05) is 0 Å². The fourth-order valence-electron chi connectivity index (χ4n) is 10.2. The van der Waals surface area contributed by atoms with Crippen LogP contribution in [0, 0.1) is 36.5 Å². The maximum absolute atomic E-state index is 10.1. The molecule has 0 unspecified atom stereocenters. The topological polar surface area (TPSA) is 47.6 Å². The van der Waals surface area contributed by atoms with Gasteiger partial charge in [0.25, 0.3) is 0 Å². The van der Waals surface area contributed by atoms with E-state index in [0.29, 0.717) is 11.1 Å². The van der Waals surface area contributed by atoms with Gasteiger partial charge in [0.15, 0.2) is 0 Å². The number of aryl methyl sites for hydroxylation is 2. The zero-order valence-electron chi connectivity index (χ0n) is 30.8. The molecule has 0 heterocycles. The van der Waals surface area contributed by atoms with Crippen LogP contribution in [0.1, 0.15) is 22.3 Å². The fourth-order valence-corrected chi connectivity index (χ4v) is 10.2. The molecular formula is C54H30N2. The first-order chi connectivity index (χ1) is 27.5. The minimum atomic E-state index is 0.657. The molecule has 0 aliphatic heterocycles. The van der Waals surface area contributed by atoms with Crippen LogP contribution < -0.4 is 0 Å². The number of hydrogen-bond donors (Lipinski definition) is 0. The van der Waals surface area contributed by atoms with Crippen molar-refractivity contribution in [2.24, 2.45) is 0 Å².